The van der Waals surface area contributed by atoms with Gasteiger partial charge in [-0.25, -0.2) is 9.37 Å². The third-order valence-electron chi connectivity index (χ3n) is 6.84. The number of rotatable bonds is 6. The van der Waals surface area contributed by atoms with Crippen molar-refractivity contribution in [3.8, 4) is 22.3 Å². The Morgan fingerprint density at radius 1 is 0.919 bits per heavy atom. The van der Waals surface area contributed by atoms with Crippen LogP contribution in [0.5, 0.6) is 0 Å². The van der Waals surface area contributed by atoms with E-state index in [9.17, 15) is 4.39 Å². The molecule has 4 heterocycles. The van der Waals surface area contributed by atoms with Gasteiger partial charge in [-0.2, -0.15) is 0 Å². The third kappa shape index (κ3) is 4.59. The molecule has 0 radical (unpaired) electrons. The average molecular weight is 492 g/mol. The van der Waals surface area contributed by atoms with Gasteiger partial charge in [0.25, 0.3) is 0 Å². The molecule has 0 amide bonds. The second kappa shape index (κ2) is 9.55. The maximum atomic E-state index is 13.4. The van der Waals surface area contributed by atoms with E-state index in [0.29, 0.717) is 28.1 Å². The van der Waals surface area contributed by atoms with E-state index in [-0.39, 0.29) is 11.5 Å². The molecule has 8 heteroatoms. The molecule has 1 fully saturated rings. The molecule has 1 saturated heterocycles. The molecular weight excluding hydrogens is 465 g/mol. The van der Waals surface area contributed by atoms with Crippen molar-refractivity contribution < 1.29 is 4.39 Å². The number of hydrogen-bond acceptors (Lipinski definition) is 6. The maximum Gasteiger partial charge on any atom is 0.157 e. The fraction of sp³-hybridized carbons (Fsp3) is 0.172. The molecule has 3 aromatic heterocycles. The molecule has 184 valence electrons. The highest BCUT2D eigenvalue weighted by atomic mass is 19.1. The number of imidazole rings is 1. The first kappa shape index (κ1) is 23.0. The number of likely N-dealkylation sites (tertiary alicyclic amines) is 1. The lowest BCUT2D eigenvalue weighted by atomic mass is 9.99. The van der Waals surface area contributed by atoms with Crippen molar-refractivity contribution in [1.29, 1.82) is 5.41 Å². The molecule has 0 atom stereocenters. The van der Waals surface area contributed by atoms with Gasteiger partial charge in [0.2, 0.25) is 0 Å². The Labute approximate surface area is 213 Å². The fourth-order valence-corrected chi connectivity index (χ4v) is 4.90. The first-order valence-electron chi connectivity index (χ1n) is 12.3. The Balaban J connectivity index is 1.33. The van der Waals surface area contributed by atoms with Crippen LogP contribution in [0.15, 0.2) is 73.3 Å². The number of hydrogen-bond donors (Lipinski definition) is 3. The van der Waals surface area contributed by atoms with Gasteiger partial charge in [0.05, 0.1) is 17.2 Å². The van der Waals surface area contributed by atoms with Crippen LogP contribution >= 0.6 is 0 Å². The van der Waals surface area contributed by atoms with Crippen LogP contribution in [0.25, 0.3) is 33.3 Å². The second-order valence-electron chi connectivity index (χ2n) is 9.42. The monoisotopic (exact) mass is 491 g/mol. The van der Waals surface area contributed by atoms with Crippen LogP contribution < -0.4 is 5.73 Å². The van der Waals surface area contributed by atoms with Crippen LogP contribution in [0.3, 0.4) is 0 Å². The van der Waals surface area contributed by atoms with Crippen LogP contribution in [0, 0.1) is 11.2 Å². The smallest absolute Gasteiger partial charge is 0.157 e. The summed E-state index contributed by atoms with van der Waals surface area (Å²) >= 11 is 0. The summed E-state index contributed by atoms with van der Waals surface area (Å²) in [5, 5.41) is 8.93. The quantitative estimate of drug-likeness (QED) is 0.217. The van der Waals surface area contributed by atoms with Crippen LogP contribution in [0.2, 0.25) is 0 Å². The van der Waals surface area contributed by atoms with E-state index in [2.05, 4.69) is 25.9 Å². The minimum absolute atomic E-state index is 0.182. The molecule has 0 saturated carbocycles. The van der Waals surface area contributed by atoms with Gasteiger partial charge in [0, 0.05) is 47.5 Å². The second-order valence-corrected chi connectivity index (χ2v) is 9.42. The Morgan fingerprint density at radius 2 is 1.68 bits per heavy atom. The molecule has 0 spiro atoms. The summed E-state index contributed by atoms with van der Waals surface area (Å²) in [4.78, 5) is 19.1. The van der Waals surface area contributed by atoms with Gasteiger partial charge in [0.1, 0.15) is 11.5 Å². The molecule has 4 N–H and O–H groups in total. The average Bonchev–Trinajstić information content (AvgIpc) is 3.59. The van der Waals surface area contributed by atoms with Gasteiger partial charge in [-0.3, -0.25) is 20.3 Å². The number of fused-ring (bicyclic) bond motifs is 1. The summed E-state index contributed by atoms with van der Waals surface area (Å²) in [6.07, 6.45) is 9.63. The minimum Gasteiger partial charge on any atom is -0.398 e. The van der Waals surface area contributed by atoms with E-state index in [1.165, 1.54) is 30.5 Å². The van der Waals surface area contributed by atoms with Gasteiger partial charge < -0.3 is 10.7 Å². The van der Waals surface area contributed by atoms with Crippen molar-refractivity contribution in [2.75, 3.05) is 18.8 Å². The highest BCUT2D eigenvalue weighted by molar-refractivity contribution is 6.13. The highest BCUT2D eigenvalue weighted by Gasteiger charge is 2.17. The lowest BCUT2D eigenvalue weighted by molar-refractivity contribution is 0.331. The van der Waals surface area contributed by atoms with Crippen LogP contribution in [-0.2, 0) is 6.54 Å². The number of aromatic amines is 1. The van der Waals surface area contributed by atoms with Crippen LogP contribution in [0.1, 0.15) is 29.8 Å². The number of nitrogens with one attached hydrogen (secondary N) is 2. The normalized spacial score (nSPS) is 13.9. The van der Waals surface area contributed by atoms with E-state index in [1.807, 2.05) is 30.6 Å². The molecule has 6 rings (SSSR count). The van der Waals surface area contributed by atoms with Crippen LogP contribution in [0.4, 0.5) is 10.1 Å². The molecule has 7 nitrogen and oxygen atoms in total. The molecule has 0 unspecified atom stereocenters. The number of H-pyrrole nitrogens is 1. The van der Waals surface area contributed by atoms with Crippen molar-refractivity contribution in [3.05, 3.63) is 96.1 Å². The number of anilines is 1. The SMILES string of the molecule is N=C(c1nc2c(-c3ccc(F)cc3)cncc2[nH]1)c1cc(-c2cncc(CN3CCCC3)c2)ccc1N. The summed E-state index contributed by atoms with van der Waals surface area (Å²) in [7, 11) is 0. The summed E-state index contributed by atoms with van der Waals surface area (Å²) in [6.45, 7) is 3.15. The zero-order valence-corrected chi connectivity index (χ0v) is 20.2. The van der Waals surface area contributed by atoms with Gasteiger partial charge >= 0.3 is 0 Å². The number of nitrogens with two attached hydrogens (primary N) is 1. The lowest BCUT2D eigenvalue weighted by Crippen LogP contribution is -2.18. The summed E-state index contributed by atoms with van der Waals surface area (Å²) in [5.74, 6) is 0.0802. The Hall–Kier alpha value is -4.43. The Kier molecular flexibility index (Phi) is 5.94. The standard InChI is InChI=1S/C29H26FN7/c30-22-6-3-19(4-7-22)24-15-34-16-26-28(24)36-29(35-26)27(32)23-12-20(5-8-25(23)31)21-11-18(13-33-14-21)17-37-9-1-2-10-37/h3-8,11-16,32H,1-2,9-10,17,31H2,(H,35,36). The van der Waals surface area contributed by atoms with E-state index in [0.717, 1.165) is 41.9 Å². The first-order chi connectivity index (χ1) is 18.0. The van der Waals surface area contributed by atoms with Gasteiger partial charge in [-0.1, -0.05) is 18.2 Å². The number of aromatic nitrogens is 4. The fourth-order valence-electron chi connectivity index (χ4n) is 4.90. The molecule has 2 aromatic carbocycles. The maximum absolute atomic E-state index is 13.4. The Bertz CT molecular complexity index is 1600. The van der Waals surface area contributed by atoms with Gasteiger partial charge in [-0.15, -0.1) is 0 Å². The first-order valence-corrected chi connectivity index (χ1v) is 12.3. The zero-order valence-electron chi connectivity index (χ0n) is 20.2. The number of nitrogen functional groups attached to an aromatic ring is 1. The van der Waals surface area contributed by atoms with Gasteiger partial charge in [-0.05, 0) is 73.0 Å². The predicted octanol–water partition coefficient (Wildman–Crippen LogP) is 5.42. The van der Waals surface area contributed by atoms with Crippen molar-refractivity contribution in [2.45, 2.75) is 19.4 Å². The van der Waals surface area contributed by atoms with Crippen molar-refractivity contribution in [3.63, 3.8) is 0 Å². The number of halogens is 1. The molecular formula is C29H26FN7. The van der Waals surface area contributed by atoms with Crippen molar-refractivity contribution in [2.24, 2.45) is 0 Å². The van der Waals surface area contributed by atoms with Crippen LogP contribution in [-0.4, -0.2) is 43.6 Å². The molecule has 0 aliphatic carbocycles. The summed E-state index contributed by atoms with van der Waals surface area (Å²) < 4.78 is 13.4. The predicted molar refractivity (Wildman–Crippen MR) is 144 cm³/mol. The summed E-state index contributed by atoms with van der Waals surface area (Å²) in [6, 6.07) is 14.1. The van der Waals surface area contributed by atoms with Crippen molar-refractivity contribution >= 4 is 22.4 Å². The molecule has 1 aliphatic rings. The zero-order chi connectivity index (χ0) is 25.4. The van der Waals surface area contributed by atoms with E-state index in [1.54, 1.807) is 24.5 Å². The highest BCUT2D eigenvalue weighted by Crippen LogP contribution is 2.29. The van der Waals surface area contributed by atoms with E-state index < -0.39 is 0 Å². The summed E-state index contributed by atoms with van der Waals surface area (Å²) in [5.41, 5.74) is 13.6. The molecule has 37 heavy (non-hydrogen) atoms. The van der Waals surface area contributed by atoms with Gasteiger partial charge in [0.15, 0.2) is 5.82 Å². The van der Waals surface area contributed by atoms with E-state index >= 15 is 0 Å². The molecule has 0 bridgehead atoms. The van der Waals surface area contributed by atoms with Crippen molar-refractivity contribution in [1.82, 2.24) is 24.8 Å². The van der Waals surface area contributed by atoms with E-state index in [4.69, 9.17) is 16.1 Å². The topological polar surface area (TPSA) is 108 Å². The minimum atomic E-state index is -0.305. The number of nitrogens with zero attached hydrogens (tertiary/aromatic N) is 4. The Morgan fingerprint density at radius 3 is 2.49 bits per heavy atom. The largest absolute Gasteiger partial charge is 0.398 e. The number of pyridine rings is 2. The third-order valence-corrected chi connectivity index (χ3v) is 6.84. The molecule has 1 aliphatic heterocycles. The molecule has 5 aromatic rings. The number of benzene rings is 2. The lowest BCUT2D eigenvalue weighted by Gasteiger charge is -2.15.